The van der Waals surface area contributed by atoms with Gasteiger partial charge in [0.25, 0.3) is 0 Å². The van der Waals surface area contributed by atoms with Crippen LogP contribution in [-0.2, 0) is 33.7 Å². The Kier molecular flexibility index (Phi) is 16.6. The lowest BCUT2D eigenvalue weighted by Gasteiger charge is -2.30. The highest BCUT2D eigenvalue weighted by Gasteiger charge is 2.29. The lowest BCUT2D eigenvalue weighted by atomic mass is 9.95. The maximum absolute atomic E-state index is 14.2. The molecular weight excluding hydrogens is 723 g/mol. The summed E-state index contributed by atoms with van der Waals surface area (Å²) in [5, 5.41) is 10.6. The fourth-order valence-corrected chi connectivity index (χ4v) is 8.12. The quantitative estimate of drug-likeness (QED) is 0.148. The fourth-order valence-electron chi connectivity index (χ4n) is 6.52. The van der Waals surface area contributed by atoms with Crippen molar-refractivity contribution in [3.8, 4) is 0 Å². The van der Waals surface area contributed by atoms with Crippen molar-refractivity contribution in [2.45, 2.75) is 76.7 Å². The molecule has 2 aliphatic rings. The molecule has 5 rings (SSSR count). The molecule has 12 nitrogen and oxygen atoms in total. The SMILES string of the molecule is CC(C)C1=NC(CN(C)C(=O)NC(CCN2CCOCC2)C(=O)NC(CCC(Cc2ccccc2)NC(=O)OCc2cncs2)Cc2ccccc2)CS1. The Balaban J connectivity index is 1.27. The molecule has 3 heterocycles. The monoisotopic (exact) mass is 777 g/mol. The molecule has 2 aromatic carbocycles. The Bertz CT molecular complexity index is 1610. The van der Waals surface area contributed by atoms with Crippen LogP contribution in [0.5, 0.6) is 0 Å². The summed E-state index contributed by atoms with van der Waals surface area (Å²) in [6.45, 7) is 8.43. The number of carbonyl (C=O) groups excluding carboxylic acids is 3. The highest BCUT2D eigenvalue weighted by atomic mass is 32.2. The number of likely N-dealkylation sites (N-methyl/N-ethyl adjacent to an activating group) is 1. The Morgan fingerprint density at radius 1 is 0.926 bits per heavy atom. The second kappa shape index (κ2) is 21.8. The van der Waals surface area contributed by atoms with E-state index in [0.29, 0.717) is 64.3 Å². The first kappa shape index (κ1) is 41.2. The lowest BCUT2D eigenvalue weighted by Crippen LogP contribution is -2.54. The number of thiazole rings is 1. The van der Waals surface area contributed by atoms with Gasteiger partial charge in [-0.1, -0.05) is 74.5 Å². The van der Waals surface area contributed by atoms with Gasteiger partial charge in [-0.3, -0.25) is 19.7 Å². The molecule has 1 aromatic heterocycles. The number of thioether (sulfide) groups is 1. The zero-order chi connectivity index (χ0) is 38.1. The molecule has 3 aromatic rings. The standard InChI is InChI=1S/C40H55N7O5S2/c1-29(2)38-43-34(27-53-38)25-46(3)39(49)45-36(16-17-47-18-20-51-21-19-47)37(48)42-32(22-30-10-6-4-7-11-30)14-15-33(23-31-12-8-5-9-13-31)44-40(50)52-26-35-24-41-28-54-35/h4-13,24,28-29,32-34,36H,14-23,25-27H2,1-3H3,(H,42,48)(H,44,50)(H,45,49). The average molecular weight is 778 g/mol. The molecule has 0 spiro atoms. The van der Waals surface area contributed by atoms with Gasteiger partial charge in [-0.05, 0) is 43.2 Å². The maximum Gasteiger partial charge on any atom is 0.407 e. The first-order valence-corrected chi connectivity index (χ1v) is 20.8. The number of rotatable bonds is 19. The molecule has 2 aliphatic heterocycles. The third-order valence-corrected chi connectivity index (χ3v) is 11.7. The predicted octanol–water partition coefficient (Wildman–Crippen LogP) is 5.39. The average Bonchev–Trinajstić information content (AvgIpc) is 3.89. The molecular formula is C40H55N7O5S2. The van der Waals surface area contributed by atoms with Gasteiger partial charge in [-0.25, -0.2) is 9.59 Å². The molecule has 4 unspecified atom stereocenters. The van der Waals surface area contributed by atoms with Gasteiger partial charge in [0, 0.05) is 63.2 Å². The molecule has 1 fully saturated rings. The first-order valence-electron chi connectivity index (χ1n) is 18.9. The van der Waals surface area contributed by atoms with Crippen LogP contribution in [0.4, 0.5) is 9.59 Å². The van der Waals surface area contributed by atoms with Crippen LogP contribution >= 0.6 is 23.1 Å². The zero-order valence-electron chi connectivity index (χ0n) is 31.7. The van der Waals surface area contributed by atoms with Crippen molar-refractivity contribution in [1.29, 1.82) is 0 Å². The molecule has 292 valence electrons. The van der Waals surface area contributed by atoms with E-state index in [1.165, 1.54) is 11.3 Å². The third-order valence-electron chi connectivity index (χ3n) is 9.52. The third kappa shape index (κ3) is 14.0. The number of ether oxygens (including phenoxy) is 2. The van der Waals surface area contributed by atoms with Crippen molar-refractivity contribution in [2.24, 2.45) is 10.9 Å². The fraction of sp³-hybridized carbons (Fsp3) is 0.525. The van der Waals surface area contributed by atoms with Gasteiger partial charge in [0.15, 0.2) is 0 Å². The van der Waals surface area contributed by atoms with E-state index >= 15 is 0 Å². The van der Waals surface area contributed by atoms with Crippen molar-refractivity contribution in [3.63, 3.8) is 0 Å². The van der Waals surface area contributed by atoms with Crippen molar-refractivity contribution < 1.29 is 23.9 Å². The lowest BCUT2D eigenvalue weighted by molar-refractivity contribution is -0.124. The van der Waals surface area contributed by atoms with E-state index in [9.17, 15) is 14.4 Å². The van der Waals surface area contributed by atoms with E-state index in [1.54, 1.807) is 35.4 Å². The minimum Gasteiger partial charge on any atom is -0.444 e. The second-order valence-electron chi connectivity index (χ2n) is 14.3. The molecule has 3 N–H and O–H groups in total. The highest BCUT2D eigenvalue weighted by molar-refractivity contribution is 8.14. The van der Waals surface area contributed by atoms with E-state index in [4.69, 9.17) is 14.5 Å². The number of benzene rings is 2. The van der Waals surface area contributed by atoms with Gasteiger partial charge in [0.2, 0.25) is 5.91 Å². The number of morpholine rings is 1. The molecule has 4 amide bonds. The number of hydrogen-bond acceptors (Lipinski definition) is 10. The summed E-state index contributed by atoms with van der Waals surface area (Å²) in [7, 11) is 1.76. The van der Waals surface area contributed by atoms with Gasteiger partial charge in [0.05, 0.1) is 34.7 Å². The number of aromatic nitrogens is 1. The van der Waals surface area contributed by atoms with Gasteiger partial charge in [-0.15, -0.1) is 23.1 Å². The van der Waals surface area contributed by atoms with Gasteiger partial charge in [-0.2, -0.15) is 0 Å². The van der Waals surface area contributed by atoms with Crippen LogP contribution < -0.4 is 16.0 Å². The van der Waals surface area contributed by atoms with Gasteiger partial charge < -0.3 is 30.3 Å². The van der Waals surface area contributed by atoms with Crippen molar-refractivity contribution in [1.82, 2.24) is 30.7 Å². The van der Waals surface area contributed by atoms with E-state index in [0.717, 1.165) is 39.9 Å². The molecule has 0 radical (unpaired) electrons. The number of carbonyl (C=O) groups is 3. The topological polar surface area (TPSA) is 137 Å². The summed E-state index contributed by atoms with van der Waals surface area (Å²) in [6, 6.07) is 18.6. The zero-order valence-corrected chi connectivity index (χ0v) is 33.3. The van der Waals surface area contributed by atoms with Crippen molar-refractivity contribution in [3.05, 3.63) is 88.4 Å². The summed E-state index contributed by atoms with van der Waals surface area (Å²) in [6.07, 6.45) is 4.04. The number of alkyl carbamates (subject to hydrolysis) is 1. The molecule has 0 saturated carbocycles. The first-order chi connectivity index (χ1) is 26.2. The number of aliphatic imine (C=N–C) groups is 1. The van der Waals surface area contributed by atoms with Crippen LogP contribution in [0.2, 0.25) is 0 Å². The van der Waals surface area contributed by atoms with Crippen LogP contribution in [0.25, 0.3) is 0 Å². The van der Waals surface area contributed by atoms with Crippen molar-refractivity contribution >= 4 is 46.2 Å². The van der Waals surface area contributed by atoms with E-state index < -0.39 is 12.1 Å². The predicted molar refractivity (Wildman–Crippen MR) is 216 cm³/mol. The summed E-state index contributed by atoms with van der Waals surface area (Å²) < 4.78 is 11.1. The van der Waals surface area contributed by atoms with Crippen LogP contribution in [0.3, 0.4) is 0 Å². The number of hydrogen-bond donors (Lipinski definition) is 3. The van der Waals surface area contributed by atoms with Crippen LogP contribution in [0.15, 0.2) is 77.4 Å². The smallest absolute Gasteiger partial charge is 0.407 e. The van der Waals surface area contributed by atoms with E-state index in [-0.39, 0.29) is 36.7 Å². The normalized spacial score (nSPS) is 17.6. The van der Waals surface area contributed by atoms with Crippen LogP contribution in [-0.4, -0.2) is 114 Å². The number of urea groups is 1. The highest BCUT2D eigenvalue weighted by Crippen LogP contribution is 2.23. The minimum atomic E-state index is -0.742. The molecule has 0 bridgehead atoms. The largest absolute Gasteiger partial charge is 0.444 e. The molecule has 4 atom stereocenters. The summed E-state index contributed by atoms with van der Waals surface area (Å²) >= 11 is 3.19. The van der Waals surface area contributed by atoms with E-state index in [2.05, 4.69) is 51.8 Å². The summed E-state index contributed by atoms with van der Waals surface area (Å²) in [5.74, 6) is 0.986. The van der Waals surface area contributed by atoms with Crippen LogP contribution in [0, 0.1) is 5.92 Å². The number of nitrogens with zero attached hydrogens (tertiary/aromatic N) is 4. The van der Waals surface area contributed by atoms with Gasteiger partial charge in [0.1, 0.15) is 12.6 Å². The Morgan fingerprint density at radius 2 is 1.57 bits per heavy atom. The van der Waals surface area contributed by atoms with Crippen LogP contribution in [0.1, 0.15) is 49.1 Å². The second-order valence-corrected chi connectivity index (χ2v) is 16.3. The Labute approximate surface area is 327 Å². The molecule has 1 saturated heterocycles. The van der Waals surface area contributed by atoms with Crippen molar-refractivity contribution in [2.75, 3.05) is 52.2 Å². The number of amides is 4. The Morgan fingerprint density at radius 3 is 2.17 bits per heavy atom. The number of nitrogens with one attached hydrogen (secondary N) is 3. The maximum atomic E-state index is 14.2. The van der Waals surface area contributed by atoms with E-state index in [1.807, 2.05) is 48.5 Å². The molecule has 54 heavy (non-hydrogen) atoms. The molecule has 0 aliphatic carbocycles. The summed E-state index contributed by atoms with van der Waals surface area (Å²) in [4.78, 5) is 54.5. The minimum absolute atomic E-state index is 0.0291. The van der Waals surface area contributed by atoms with Gasteiger partial charge >= 0.3 is 12.1 Å². The molecule has 14 heteroatoms. The Hall–Kier alpha value is -3.98. The summed E-state index contributed by atoms with van der Waals surface area (Å²) in [5.41, 5.74) is 3.88.